The van der Waals surface area contributed by atoms with Crippen molar-refractivity contribution >= 4 is 38.8 Å². The van der Waals surface area contributed by atoms with E-state index >= 15 is 0 Å². The smallest absolute Gasteiger partial charge is 0.339 e. The van der Waals surface area contributed by atoms with Crippen LogP contribution in [0.5, 0.6) is 0 Å². The number of fused-ring (bicyclic) bond motifs is 1. The van der Waals surface area contributed by atoms with E-state index in [0.717, 1.165) is 24.4 Å². The van der Waals surface area contributed by atoms with Gasteiger partial charge in [0.15, 0.2) is 5.65 Å². The van der Waals surface area contributed by atoms with Crippen LogP contribution < -0.4 is 10.0 Å². The Labute approximate surface area is 169 Å². The molecule has 1 aromatic carbocycles. The fourth-order valence-electron chi connectivity index (χ4n) is 2.55. The van der Waals surface area contributed by atoms with Gasteiger partial charge in [0.1, 0.15) is 10.7 Å². The summed E-state index contributed by atoms with van der Waals surface area (Å²) in [5.41, 5.74) is -1.61. The van der Waals surface area contributed by atoms with Gasteiger partial charge in [-0.05, 0) is 45.0 Å². The first-order chi connectivity index (χ1) is 13.3. The zero-order chi connectivity index (χ0) is 21.6. The number of halogens is 4. The summed E-state index contributed by atoms with van der Waals surface area (Å²) in [6, 6.07) is 4.28. The van der Waals surface area contributed by atoms with Crippen LogP contribution in [-0.4, -0.2) is 28.6 Å². The Morgan fingerprint density at radius 1 is 1.14 bits per heavy atom. The normalized spacial score (nSPS) is 13.1. The highest BCUT2D eigenvalue weighted by atomic mass is 35.5. The SMILES string of the molecule is CC(C)(C)NS(=O)(=O)c1cnn2c(Nc3cc(C(F)(F)F)ccc3Cl)ccnc12. The Morgan fingerprint density at radius 2 is 1.83 bits per heavy atom. The Kier molecular flexibility index (Phi) is 5.26. The molecule has 3 aromatic rings. The van der Waals surface area contributed by atoms with E-state index in [1.54, 1.807) is 20.8 Å². The Hall–Kier alpha value is -2.37. The van der Waals surface area contributed by atoms with Crippen molar-refractivity contribution < 1.29 is 21.6 Å². The molecule has 0 fully saturated rings. The first-order valence-corrected chi connectivity index (χ1v) is 10.1. The first-order valence-electron chi connectivity index (χ1n) is 8.28. The molecule has 0 bridgehead atoms. The summed E-state index contributed by atoms with van der Waals surface area (Å²) in [7, 11) is -3.92. The molecule has 0 unspecified atom stereocenters. The van der Waals surface area contributed by atoms with Crippen LogP contribution in [0, 0.1) is 0 Å². The van der Waals surface area contributed by atoms with E-state index < -0.39 is 27.3 Å². The first kappa shape index (κ1) is 21.3. The number of hydrogen-bond donors (Lipinski definition) is 2. The Morgan fingerprint density at radius 3 is 2.45 bits per heavy atom. The molecular formula is C17H17ClF3N5O2S. The van der Waals surface area contributed by atoms with Gasteiger partial charge in [0, 0.05) is 11.7 Å². The van der Waals surface area contributed by atoms with E-state index in [0.29, 0.717) is 0 Å². The largest absolute Gasteiger partial charge is 0.416 e. The summed E-state index contributed by atoms with van der Waals surface area (Å²) in [6.45, 7) is 5.06. The van der Waals surface area contributed by atoms with Crippen LogP contribution >= 0.6 is 11.6 Å². The topological polar surface area (TPSA) is 88.4 Å². The monoisotopic (exact) mass is 447 g/mol. The van der Waals surface area contributed by atoms with E-state index in [9.17, 15) is 21.6 Å². The van der Waals surface area contributed by atoms with Crippen molar-refractivity contribution in [2.45, 2.75) is 37.4 Å². The minimum absolute atomic E-state index is 0.00912. The number of aromatic nitrogens is 3. The zero-order valence-electron chi connectivity index (χ0n) is 15.5. The van der Waals surface area contributed by atoms with Crippen LogP contribution in [0.2, 0.25) is 5.02 Å². The van der Waals surface area contributed by atoms with Gasteiger partial charge in [-0.25, -0.2) is 18.1 Å². The molecule has 0 radical (unpaired) electrons. The third kappa shape index (κ3) is 4.62. The molecule has 0 aliphatic carbocycles. The average Bonchev–Trinajstić information content (AvgIpc) is 2.99. The predicted octanol–water partition coefficient (Wildman–Crippen LogP) is 4.22. The molecule has 12 heteroatoms. The highest BCUT2D eigenvalue weighted by Crippen LogP contribution is 2.35. The summed E-state index contributed by atoms with van der Waals surface area (Å²) in [4.78, 5) is 3.89. The van der Waals surface area contributed by atoms with Crippen molar-refractivity contribution in [2.75, 3.05) is 5.32 Å². The van der Waals surface area contributed by atoms with Crippen LogP contribution in [0.3, 0.4) is 0 Å². The van der Waals surface area contributed by atoms with Gasteiger partial charge in [-0.15, -0.1) is 0 Å². The summed E-state index contributed by atoms with van der Waals surface area (Å²) in [5, 5.41) is 6.83. The fourth-order valence-corrected chi connectivity index (χ4v) is 4.19. The summed E-state index contributed by atoms with van der Waals surface area (Å²) in [5.74, 6) is 0.188. The van der Waals surface area contributed by atoms with E-state index in [-0.39, 0.29) is 27.1 Å². The van der Waals surface area contributed by atoms with E-state index in [4.69, 9.17) is 11.6 Å². The summed E-state index contributed by atoms with van der Waals surface area (Å²) < 4.78 is 67.9. The lowest BCUT2D eigenvalue weighted by Gasteiger charge is -2.19. The summed E-state index contributed by atoms with van der Waals surface area (Å²) >= 11 is 6.02. The van der Waals surface area contributed by atoms with Gasteiger partial charge < -0.3 is 5.32 Å². The standard InChI is InChI=1S/C17H17ClF3N5O2S/c1-16(2,3)25-29(27,28)13-9-23-26-14(6-7-22-15(13)26)24-12-8-10(17(19,20)21)4-5-11(12)18/h4-9,24-25H,1-3H3. The molecule has 2 heterocycles. The minimum Gasteiger partial charge on any atom is -0.339 e. The maximum atomic E-state index is 13.0. The molecule has 0 amide bonds. The van der Waals surface area contributed by atoms with Crippen molar-refractivity contribution in [1.82, 2.24) is 19.3 Å². The third-order valence-corrected chi connectivity index (χ3v) is 5.73. The van der Waals surface area contributed by atoms with Gasteiger partial charge >= 0.3 is 6.18 Å². The third-order valence-electron chi connectivity index (χ3n) is 3.66. The maximum Gasteiger partial charge on any atom is 0.416 e. The van der Waals surface area contributed by atoms with Crippen LogP contribution in [0.4, 0.5) is 24.7 Å². The molecule has 2 aromatic heterocycles. The second kappa shape index (κ2) is 7.15. The minimum atomic E-state index is -4.54. The van der Waals surface area contributed by atoms with Crippen molar-refractivity contribution in [3.8, 4) is 0 Å². The second-order valence-electron chi connectivity index (χ2n) is 7.25. The molecule has 0 atom stereocenters. The number of nitrogens with one attached hydrogen (secondary N) is 2. The molecule has 156 valence electrons. The molecule has 0 aliphatic heterocycles. The molecule has 3 rings (SSSR count). The van der Waals surface area contributed by atoms with Gasteiger partial charge in [-0.2, -0.15) is 22.8 Å². The highest BCUT2D eigenvalue weighted by molar-refractivity contribution is 7.89. The number of hydrogen-bond acceptors (Lipinski definition) is 5. The average molecular weight is 448 g/mol. The molecule has 7 nitrogen and oxygen atoms in total. The van der Waals surface area contributed by atoms with Gasteiger partial charge in [-0.3, -0.25) is 0 Å². The predicted molar refractivity (Wildman–Crippen MR) is 103 cm³/mol. The van der Waals surface area contributed by atoms with E-state index in [2.05, 4.69) is 20.1 Å². The summed E-state index contributed by atoms with van der Waals surface area (Å²) in [6.07, 6.45) is -2.10. The molecule has 0 spiro atoms. The molecule has 0 saturated carbocycles. The molecule has 0 aliphatic rings. The molecule has 29 heavy (non-hydrogen) atoms. The van der Waals surface area contributed by atoms with Gasteiger partial charge in [0.25, 0.3) is 0 Å². The number of rotatable bonds is 4. The molecule has 0 saturated heterocycles. The Balaban J connectivity index is 2.05. The van der Waals surface area contributed by atoms with E-state index in [1.807, 2.05) is 0 Å². The van der Waals surface area contributed by atoms with Gasteiger partial charge in [-0.1, -0.05) is 11.6 Å². The van der Waals surface area contributed by atoms with Crippen LogP contribution in [0.15, 0.2) is 41.6 Å². The number of nitrogens with zero attached hydrogens (tertiary/aromatic N) is 3. The van der Waals surface area contributed by atoms with Crippen molar-refractivity contribution in [3.05, 3.63) is 47.2 Å². The Bertz CT molecular complexity index is 1170. The lowest BCUT2D eigenvalue weighted by molar-refractivity contribution is -0.137. The van der Waals surface area contributed by atoms with Crippen molar-refractivity contribution in [1.29, 1.82) is 0 Å². The molecular weight excluding hydrogens is 431 g/mol. The maximum absolute atomic E-state index is 13.0. The lowest BCUT2D eigenvalue weighted by atomic mass is 10.1. The molecule has 2 N–H and O–H groups in total. The van der Waals surface area contributed by atoms with Gasteiger partial charge in [0.05, 0.1) is 22.5 Å². The quantitative estimate of drug-likeness (QED) is 0.625. The van der Waals surface area contributed by atoms with Gasteiger partial charge in [0.2, 0.25) is 10.0 Å². The fraction of sp³-hybridized carbons (Fsp3) is 0.294. The number of alkyl halides is 3. The number of anilines is 2. The lowest BCUT2D eigenvalue weighted by Crippen LogP contribution is -2.40. The van der Waals surface area contributed by atoms with Crippen LogP contribution in [0.1, 0.15) is 26.3 Å². The zero-order valence-corrected chi connectivity index (χ0v) is 17.1. The van der Waals surface area contributed by atoms with Crippen LogP contribution in [-0.2, 0) is 16.2 Å². The van der Waals surface area contributed by atoms with Crippen LogP contribution in [0.25, 0.3) is 5.65 Å². The van der Waals surface area contributed by atoms with Crippen molar-refractivity contribution in [3.63, 3.8) is 0 Å². The second-order valence-corrected chi connectivity index (χ2v) is 9.31. The number of benzene rings is 1. The highest BCUT2D eigenvalue weighted by Gasteiger charge is 2.31. The number of sulfonamides is 1. The van der Waals surface area contributed by atoms with E-state index in [1.165, 1.54) is 16.8 Å². The van der Waals surface area contributed by atoms with Crippen molar-refractivity contribution in [2.24, 2.45) is 0 Å².